The van der Waals surface area contributed by atoms with Crippen molar-refractivity contribution >= 4 is 23.0 Å². The van der Waals surface area contributed by atoms with Gasteiger partial charge in [-0.25, -0.2) is 5.06 Å². The van der Waals surface area contributed by atoms with Gasteiger partial charge in [-0.05, 0) is 13.0 Å². The maximum absolute atomic E-state index is 11.1. The molecule has 0 saturated heterocycles. The normalized spacial score (nSPS) is 20.0. The van der Waals surface area contributed by atoms with Crippen LogP contribution in [0.5, 0.6) is 0 Å². The highest BCUT2D eigenvalue weighted by atomic mass is 35.5. The third-order valence-electron chi connectivity index (χ3n) is 3.78. The molecule has 6 nitrogen and oxygen atoms in total. The van der Waals surface area contributed by atoms with E-state index in [0.717, 1.165) is 10.6 Å². The zero-order chi connectivity index (χ0) is 16.6. The number of benzene rings is 2. The van der Waals surface area contributed by atoms with Crippen LogP contribution in [0.2, 0.25) is 0 Å². The maximum atomic E-state index is 11.1. The minimum atomic E-state index is -1.05. The summed E-state index contributed by atoms with van der Waals surface area (Å²) in [5.41, 5.74) is 0.0660. The summed E-state index contributed by atoms with van der Waals surface area (Å²) in [4.78, 5) is 15.0. The smallest absolute Gasteiger partial charge is 0.270 e. The van der Waals surface area contributed by atoms with Crippen LogP contribution in [-0.2, 0) is 0 Å². The molecule has 1 aliphatic heterocycles. The van der Waals surface area contributed by atoms with Crippen molar-refractivity contribution in [3.63, 3.8) is 0 Å². The van der Waals surface area contributed by atoms with Gasteiger partial charge in [0, 0.05) is 22.9 Å². The Labute approximate surface area is 137 Å². The molecular weight excluding hydrogens is 318 g/mol. The fraction of sp³-hybridized carbons (Fsp3) is 0.188. The zero-order valence-electron chi connectivity index (χ0n) is 12.3. The highest BCUT2D eigenvalue weighted by molar-refractivity contribution is 6.18. The predicted octanol–water partition coefficient (Wildman–Crippen LogP) is 2.03. The van der Waals surface area contributed by atoms with Crippen LogP contribution in [0.25, 0.3) is 5.70 Å². The molecule has 1 atom stereocenters. The third kappa shape index (κ3) is 2.56. The van der Waals surface area contributed by atoms with Crippen molar-refractivity contribution in [1.82, 2.24) is 5.06 Å². The summed E-state index contributed by atoms with van der Waals surface area (Å²) in [6, 6.07) is 13.5. The number of nitro groups is 1. The Morgan fingerprint density at radius 1 is 1.30 bits per heavy atom. The number of nitrogens with zero attached hydrogens (tertiary/aromatic N) is 3. The Morgan fingerprint density at radius 3 is 2.61 bits per heavy atom. The minimum absolute atomic E-state index is 0.0599. The molecule has 0 amide bonds. The van der Waals surface area contributed by atoms with E-state index in [9.17, 15) is 15.3 Å². The lowest BCUT2D eigenvalue weighted by atomic mass is 10.0. The van der Waals surface area contributed by atoms with Crippen molar-refractivity contribution in [1.29, 1.82) is 0 Å². The maximum Gasteiger partial charge on any atom is 0.270 e. The molecule has 7 heteroatoms. The van der Waals surface area contributed by atoms with Crippen LogP contribution in [0.15, 0.2) is 53.5 Å². The van der Waals surface area contributed by atoms with Crippen LogP contribution in [0.4, 0.5) is 5.69 Å². The van der Waals surface area contributed by atoms with Gasteiger partial charge >= 0.3 is 0 Å². The van der Waals surface area contributed by atoms with Gasteiger partial charge in [0.25, 0.3) is 5.69 Å². The van der Waals surface area contributed by atoms with Crippen molar-refractivity contribution < 1.29 is 10.1 Å². The highest BCUT2D eigenvalue weighted by Gasteiger charge is 2.35. The summed E-state index contributed by atoms with van der Waals surface area (Å²) in [7, 11) is 0. The van der Waals surface area contributed by atoms with E-state index in [1.54, 1.807) is 13.0 Å². The number of fused-ring (bicyclic) bond motifs is 1. The number of nitro benzene ring substituents is 1. The van der Waals surface area contributed by atoms with Gasteiger partial charge < -0.3 is 0 Å². The van der Waals surface area contributed by atoms with Crippen LogP contribution in [0, 0.1) is 10.1 Å². The SMILES string of the molecule is CC1(CCl)N=c2ccc([N+](=O)[O-])cc2=C(c2ccccc2)N1O. The Balaban J connectivity index is 2.41. The largest absolute Gasteiger partial charge is 0.286 e. The van der Waals surface area contributed by atoms with Gasteiger partial charge in [0.2, 0.25) is 0 Å². The first-order valence-corrected chi connectivity index (χ1v) is 7.49. The van der Waals surface area contributed by atoms with Gasteiger partial charge in [-0.15, -0.1) is 11.6 Å². The molecule has 0 aromatic heterocycles. The molecule has 0 spiro atoms. The van der Waals surface area contributed by atoms with Crippen molar-refractivity contribution in [3.8, 4) is 0 Å². The van der Waals surface area contributed by atoms with E-state index in [2.05, 4.69) is 4.99 Å². The summed E-state index contributed by atoms with van der Waals surface area (Å²) in [6.45, 7) is 1.70. The Kier molecular flexibility index (Phi) is 3.79. The standard InChI is InChI=1S/C16H14ClN3O3/c1-16(10-17)18-14-8-7-12(20(22)23)9-13(14)15(19(16)21)11-5-3-2-4-6-11/h2-9,21H,10H2,1H3. The number of halogens is 1. The average Bonchev–Trinajstić information content (AvgIpc) is 2.56. The van der Waals surface area contributed by atoms with E-state index in [0.29, 0.717) is 16.3 Å². The summed E-state index contributed by atoms with van der Waals surface area (Å²) in [6.07, 6.45) is 0. The van der Waals surface area contributed by atoms with Gasteiger partial charge in [-0.3, -0.25) is 20.3 Å². The lowest BCUT2D eigenvalue weighted by molar-refractivity contribution is -0.385. The van der Waals surface area contributed by atoms with Crippen LogP contribution in [0.1, 0.15) is 12.5 Å². The fourth-order valence-corrected chi connectivity index (χ4v) is 2.72. The third-order valence-corrected chi connectivity index (χ3v) is 4.28. The molecule has 0 bridgehead atoms. The Bertz CT molecular complexity index is 885. The quantitative estimate of drug-likeness (QED) is 0.530. The fourth-order valence-electron chi connectivity index (χ4n) is 2.55. The number of hydrogen-bond donors (Lipinski definition) is 1. The second kappa shape index (κ2) is 5.64. The molecule has 3 rings (SSSR count). The first-order valence-electron chi connectivity index (χ1n) is 6.95. The highest BCUT2D eigenvalue weighted by Crippen LogP contribution is 2.27. The van der Waals surface area contributed by atoms with E-state index in [4.69, 9.17) is 11.6 Å². The Morgan fingerprint density at radius 2 is 2.00 bits per heavy atom. The van der Waals surface area contributed by atoms with Crippen molar-refractivity contribution in [3.05, 3.63) is 74.8 Å². The van der Waals surface area contributed by atoms with Crippen LogP contribution < -0.4 is 10.6 Å². The predicted molar refractivity (Wildman–Crippen MR) is 85.6 cm³/mol. The number of hydroxylamine groups is 2. The van der Waals surface area contributed by atoms with Gasteiger partial charge in [0.15, 0.2) is 5.66 Å². The summed E-state index contributed by atoms with van der Waals surface area (Å²) in [5, 5.41) is 23.8. The molecule has 1 unspecified atom stereocenters. The summed E-state index contributed by atoms with van der Waals surface area (Å²) < 4.78 is 0. The van der Waals surface area contributed by atoms with E-state index in [1.165, 1.54) is 12.1 Å². The summed E-state index contributed by atoms with van der Waals surface area (Å²) >= 11 is 6.00. The lowest BCUT2D eigenvalue weighted by Gasteiger charge is -2.37. The molecule has 118 valence electrons. The van der Waals surface area contributed by atoms with Gasteiger partial charge in [0.1, 0.15) is 0 Å². The molecule has 0 fully saturated rings. The summed E-state index contributed by atoms with van der Waals surface area (Å²) in [5.74, 6) is 0.0657. The second-order valence-corrected chi connectivity index (χ2v) is 5.71. The minimum Gasteiger partial charge on any atom is -0.286 e. The molecule has 2 aromatic carbocycles. The van der Waals surface area contributed by atoms with Gasteiger partial charge in [-0.2, -0.15) is 0 Å². The molecule has 0 radical (unpaired) electrons. The van der Waals surface area contributed by atoms with Crippen LogP contribution >= 0.6 is 11.6 Å². The first-order chi connectivity index (χ1) is 11.0. The number of non-ortho nitro benzene ring substituents is 1. The molecule has 1 heterocycles. The average molecular weight is 332 g/mol. The monoisotopic (exact) mass is 331 g/mol. The zero-order valence-corrected chi connectivity index (χ0v) is 13.1. The molecule has 23 heavy (non-hydrogen) atoms. The van der Waals surface area contributed by atoms with Crippen LogP contribution in [0.3, 0.4) is 0 Å². The number of rotatable bonds is 3. The van der Waals surface area contributed by atoms with E-state index in [1.807, 2.05) is 30.3 Å². The van der Waals surface area contributed by atoms with Crippen LogP contribution in [-0.4, -0.2) is 26.7 Å². The van der Waals surface area contributed by atoms with E-state index >= 15 is 0 Å². The molecule has 2 aromatic rings. The van der Waals surface area contributed by atoms with Crippen molar-refractivity contribution in [2.45, 2.75) is 12.6 Å². The Hall–Kier alpha value is -2.44. The molecular formula is C16H14ClN3O3. The number of alkyl halides is 1. The molecule has 1 aliphatic rings. The molecule has 0 saturated carbocycles. The van der Waals surface area contributed by atoms with Gasteiger partial charge in [0.05, 0.1) is 21.9 Å². The van der Waals surface area contributed by atoms with Gasteiger partial charge in [-0.1, -0.05) is 30.3 Å². The van der Waals surface area contributed by atoms with E-state index < -0.39 is 10.6 Å². The topological polar surface area (TPSA) is 79.0 Å². The second-order valence-electron chi connectivity index (χ2n) is 5.45. The lowest BCUT2D eigenvalue weighted by Crippen LogP contribution is -2.53. The van der Waals surface area contributed by atoms with Crippen molar-refractivity contribution in [2.24, 2.45) is 4.99 Å². The first kappa shape index (κ1) is 15.5. The number of hydrogen-bond acceptors (Lipinski definition) is 5. The molecule has 1 N–H and O–H groups in total. The van der Waals surface area contributed by atoms with Crippen molar-refractivity contribution in [2.75, 3.05) is 5.88 Å². The molecule has 0 aliphatic carbocycles. The van der Waals surface area contributed by atoms with E-state index in [-0.39, 0.29) is 11.6 Å².